The minimum Gasteiger partial charge on any atom is -0.547 e. The van der Waals surface area contributed by atoms with Crippen molar-refractivity contribution < 1.29 is 29.0 Å². The molecule has 0 unspecified atom stereocenters. The Kier molecular flexibility index (Phi) is 3.98. The van der Waals surface area contributed by atoms with E-state index in [2.05, 4.69) is 0 Å². The highest BCUT2D eigenvalue weighted by Gasteiger charge is 2.16. The normalized spacial score (nSPS) is 10.2. The summed E-state index contributed by atoms with van der Waals surface area (Å²) in [7, 11) is 0. The highest BCUT2D eigenvalue weighted by atomic mass is 19.1. The monoisotopic (exact) mass is 253 g/mol. The second-order valence-corrected chi connectivity index (χ2v) is 3.51. The molecule has 0 fully saturated rings. The minimum absolute atomic E-state index is 0.203. The molecule has 0 saturated heterocycles. The van der Waals surface area contributed by atoms with E-state index >= 15 is 0 Å². The van der Waals surface area contributed by atoms with Crippen LogP contribution >= 0.6 is 0 Å². The van der Waals surface area contributed by atoms with Crippen LogP contribution in [0, 0.1) is 12.7 Å². The van der Waals surface area contributed by atoms with Crippen molar-refractivity contribution in [2.45, 2.75) is 13.0 Å². The number of benzene rings is 1. The molecule has 96 valence electrons. The summed E-state index contributed by atoms with van der Waals surface area (Å²) in [5, 5.41) is 22.5. The molecule has 0 bridgehead atoms. The highest BCUT2D eigenvalue weighted by molar-refractivity contribution is 6.03. The number of carbonyl (C=O) groups excluding carboxylic acids is 3. The predicted octanol–water partition coefficient (Wildman–Crippen LogP) is -2.27. The molecule has 0 heterocycles. The van der Waals surface area contributed by atoms with E-state index in [0.717, 1.165) is 6.07 Å². The van der Waals surface area contributed by atoms with Gasteiger partial charge >= 0.3 is 0 Å². The Morgan fingerprint density at radius 3 is 2.22 bits per heavy atom. The molecule has 7 heteroatoms. The third-order valence-electron chi connectivity index (χ3n) is 2.18. The third kappa shape index (κ3) is 3.03. The van der Waals surface area contributed by atoms with Gasteiger partial charge in [0.1, 0.15) is 11.9 Å². The van der Waals surface area contributed by atoms with E-state index < -0.39 is 29.7 Å². The van der Waals surface area contributed by atoms with Gasteiger partial charge in [0.2, 0.25) is 0 Å². The molecule has 0 spiro atoms. The van der Waals surface area contributed by atoms with Crippen LogP contribution in [0.1, 0.15) is 15.9 Å². The van der Waals surface area contributed by atoms with Crippen molar-refractivity contribution in [1.29, 1.82) is 0 Å². The van der Waals surface area contributed by atoms with Crippen molar-refractivity contribution in [1.82, 2.24) is 5.32 Å². The van der Waals surface area contributed by atoms with Gasteiger partial charge in [0, 0.05) is 5.56 Å². The highest BCUT2D eigenvalue weighted by Crippen LogP contribution is 2.09. The Morgan fingerprint density at radius 1 is 1.22 bits per heavy atom. The largest absolute Gasteiger partial charge is 0.547 e. The van der Waals surface area contributed by atoms with Crippen molar-refractivity contribution in [3.8, 4) is 0 Å². The molecule has 0 aromatic heterocycles. The van der Waals surface area contributed by atoms with E-state index in [1.165, 1.54) is 19.1 Å². The van der Waals surface area contributed by atoms with Crippen LogP contribution in [0.5, 0.6) is 0 Å². The SMILES string of the molecule is Cc1ccc(C(=O)NC(C(=O)[O-])C(=O)[O-])cc1F. The number of carbonyl (C=O) groups is 3. The van der Waals surface area contributed by atoms with Crippen molar-refractivity contribution >= 4 is 17.8 Å². The Balaban J connectivity index is 2.90. The number of carboxylic acid groups (broad SMARTS) is 2. The number of carboxylic acids is 2. The van der Waals surface area contributed by atoms with Gasteiger partial charge in [0.05, 0.1) is 11.9 Å². The molecule has 1 N–H and O–H groups in total. The van der Waals surface area contributed by atoms with Gasteiger partial charge in [-0.25, -0.2) is 4.39 Å². The summed E-state index contributed by atoms with van der Waals surface area (Å²) in [4.78, 5) is 32.3. The Labute approximate surface area is 101 Å². The second-order valence-electron chi connectivity index (χ2n) is 3.51. The summed E-state index contributed by atoms with van der Waals surface area (Å²) in [6.07, 6.45) is 0. The van der Waals surface area contributed by atoms with Crippen LogP contribution in [0.3, 0.4) is 0 Å². The number of rotatable bonds is 4. The van der Waals surface area contributed by atoms with Gasteiger partial charge in [-0.1, -0.05) is 6.07 Å². The van der Waals surface area contributed by atoms with Crippen LogP contribution in [-0.4, -0.2) is 23.9 Å². The molecule has 1 aromatic carbocycles. The molecule has 1 aromatic rings. The fourth-order valence-corrected chi connectivity index (χ4v) is 1.16. The zero-order valence-corrected chi connectivity index (χ0v) is 9.23. The van der Waals surface area contributed by atoms with E-state index in [9.17, 15) is 29.0 Å². The standard InChI is InChI=1S/C11H10FNO5/c1-5-2-3-6(4-7(5)12)9(14)13-8(10(15)16)11(17)18/h2-4,8H,1H3,(H,13,14)(H,15,16)(H,17,18)/p-2. The maximum absolute atomic E-state index is 13.2. The summed E-state index contributed by atoms with van der Waals surface area (Å²) in [5.41, 5.74) is 0.0912. The maximum atomic E-state index is 13.2. The summed E-state index contributed by atoms with van der Waals surface area (Å²) in [6, 6.07) is 1.11. The summed E-state index contributed by atoms with van der Waals surface area (Å²) < 4.78 is 13.2. The third-order valence-corrected chi connectivity index (χ3v) is 2.18. The quantitative estimate of drug-likeness (QED) is 0.608. The zero-order valence-electron chi connectivity index (χ0n) is 9.23. The Hall–Kier alpha value is -2.44. The molecule has 0 aliphatic carbocycles. The second kappa shape index (κ2) is 5.26. The first-order chi connectivity index (χ1) is 8.32. The average molecular weight is 253 g/mol. The first-order valence-electron chi connectivity index (χ1n) is 4.81. The molecule has 0 aliphatic heterocycles. The fourth-order valence-electron chi connectivity index (χ4n) is 1.16. The topological polar surface area (TPSA) is 109 Å². The van der Waals surface area contributed by atoms with Gasteiger partial charge in [-0.2, -0.15) is 0 Å². The Bertz CT molecular complexity index is 500. The minimum atomic E-state index is -2.29. The number of aliphatic carboxylic acids is 2. The predicted molar refractivity (Wildman–Crippen MR) is 52.4 cm³/mol. The van der Waals surface area contributed by atoms with Gasteiger partial charge < -0.3 is 25.1 Å². The molecule has 6 nitrogen and oxygen atoms in total. The van der Waals surface area contributed by atoms with Crippen LogP contribution in [0.4, 0.5) is 4.39 Å². The van der Waals surface area contributed by atoms with Crippen molar-refractivity contribution in [3.05, 3.63) is 35.1 Å². The molecular weight excluding hydrogens is 245 g/mol. The lowest BCUT2D eigenvalue weighted by Crippen LogP contribution is -2.57. The fraction of sp³-hybridized carbons (Fsp3) is 0.182. The number of halogens is 1. The van der Waals surface area contributed by atoms with Crippen molar-refractivity contribution in [2.75, 3.05) is 0 Å². The van der Waals surface area contributed by atoms with E-state index in [1.807, 2.05) is 0 Å². The van der Waals surface area contributed by atoms with Crippen LogP contribution < -0.4 is 15.5 Å². The van der Waals surface area contributed by atoms with Gasteiger partial charge in [-0.15, -0.1) is 0 Å². The van der Waals surface area contributed by atoms with Crippen molar-refractivity contribution in [2.24, 2.45) is 0 Å². The number of aryl methyl sites for hydroxylation is 1. The Morgan fingerprint density at radius 2 is 1.78 bits per heavy atom. The van der Waals surface area contributed by atoms with Crippen molar-refractivity contribution in [3.63, 3.8) is 0 Å². The summed E-state index contributed by atoms with van der Waals surface area (Å²) in [6.45, 7) is 1.47. The summed E-state index contributed by atoms with van der Waals surface area (Å²) >= 11 is 0. The molecule has 0 radical (unpaired) electrons. The average Bonchev–Trinajstić information content (AvgIpc) is 2.28. The van der Waals surface area contributed by atoms with E-state index in [4.69, 9.17) is 0 Å². The van der Waals surface area contributed by atoms with Gasteiger partial charge in [-0.05, 0) is 24.6 Å². The van der Waals surface area contributed by atoms with E-state index in [0.29, 0.717) is 5.56 Å². The molecular formula is C11H8FNO5-2. The van der Waals surface area contributed by atoms with Gasteiger partial charge in [0.25, 0.3) is 5.91 Å². The number of amides is 1. The first kappa shape index (κ1) is 13.6. The molecule has 1 rings (SSSR count). The van der Waals surface area contributed by atoms with Crippen LogP contribution in [0.25, 0.3) is 0 Å². The number of nitrogens with one attached hydrogen (secondary N) is 1. The maximum Gasteiger partial charge on any atom is 0.252 e. The summed E-state index contributed by atoms with van der Waals surface area (Å²) in [5.74, 6) is -5.75. The molecule has 18 heavy (non-hydrogen) atoms. The van der Waals surface area contributed by atoms with Crippen LogP contribution in [-0.2, 0) is 9.59 Å². The lowest BCUT2D eigenvalue weighted by atomic mass is 10.1. The molecule has 0 atom stereocenters. The molecule has 0 aliphatic rings. The lowest BCUT2D eigenvalue weighted by Gasteiger charge is -2.20. The zero-order chi connectivity index (χ0) is 13.9. The van der Waals surface area contributed by atoms with Gasteiger partial charge in [-0.3, -0.25) is 4.79 Å². The van der Waals surface area contributed by atoms with Gasteiger partial charge in [0.15, 0.2) is 0 Å². The first-order valence-corrected chi connectivity index (χ1v) is 4.81. The molecule has 1 amide bonds. The lowest BCUT2D eigenvalue weighted by molar-refractivity contribution is -0.326. The number of hydrogen-bond donors (Lipinski definition) is 1. The smallest absolute Gasteiger partial charge is 0.252 e. The number of hydrogen-bond acceptors (Lipinski definition) is 5. The van der Waals surface area contributed by atoms with Crippen LogP contribution in [0.2, 0.25) is 0 Å². The van der Waals surface area contributed by atoms with E-state index in [-0.39, 0.29) is 5.56 Å². The van der Waals surface area contributed by atoms with Crippen LogP contribution in [0.15, 0.2) is 18.2 Å². The van der Waals surface area contributed by atoms with E-state index in [1.54, 1.807) is 5.32 Å². The molecule has 0 saturated carbocycles.